The number of rotatable bonds is 5. The SMILES string of the molecule is Cc1ccc(NC(=O)C(C)NCc2ncon2)cc1. The molecule has 1 aromatic carbocycles. The van der Waals surface area contributed by atoms with Gasteiger partial charge in [-0.2, -0.15) is 4.98 Å². The Kier molecular flexibility index (Phi) is 4.25. The molecule has 1 atom stereocenters. The van der Waals surface area contributed by atoms with Crippen molar-refractivity contribution in [2.24, 2.45) is 0 Å². The Morgan fingerprint density at radius 1 is 1.37 bits per heavy atom. The number of hydrogen-bond donors (Lipinski definition) is 2. The van der Waals surface area contributed by atoms with Crippen LogP contribution in [-0.4, -0.2) is 22.1 Å². The molecule has 6 nitrogen and oxygen atoms in total. The van der Waals surface area contributed by atoms with Crippen molar-refractivity contribution in [3.63, 3.8) is 0 Å². The van der Waals surface area contributed by atoms with Gasteiger partial charge < -0.3 is 9.84 Å². The number of carbonyl (C=O) groups excluding carboxylic acids is 1. The van der Waals surface area contributed by atoms with Gasteiger partial charge in [0.2, 0.25) is 12.3 Å². The average Bonchev–Trinajstić information content (AvgIpc) is 2.91. The van der Waals surface area contributed by atoms with E-state index in [1.54, 1.807) is 6.92 Å². The maximum Gasteiger partial charge on any atom is 0.241 e. The average molecular weight is 260 g/mol. The van der Waals surface area contributed by atoms with Crippen LogP contribution in [0.25, 0.3) is 0 Å². The first-order chi connectivity index (χ1) is 9.15. The van der Waals surface area contributed by atoms with Gasteiger partial charge >= 0.3 is 0 Å². The highest BCUT2D eigenvalue weighted by Gasteiger charge is 2.13. The maximum atomic E-state index is 11.9. The van der Waals surface area contributed by atoms with Gasteiger partial charge in [0.25, 0.3) is 0 Å². The van der Waals surface area contributed by atoms with Gasteiger partial charge in [0.15, 0.2) is 5.82 Å². The van der Waals surface area contributed by atoms with Crippen LogP contribution < -0.4 is 10.6 Å². The van der Waals surface area contributed by atoms with Crippen molar-refractivity contribution in [1.29, 1.82) is 0 Å². The van der Waals surface area contributed by atoms with Gasteiger partial charge in [-0.15, -0.1) is 0 Å². The van der Waals surface area contributed by atoms with Crippen molar-refractivity contribution in [1.82, 2.24) is 15.5 Å². The van der Waals surface area contributed by atoms with E-state index in [-0.39, 0.29) is 11.9 Å². The Hall–Kier alpha value is -2.21. The molecule has 1 amide bonds. The fourth-order valence-corrected chi connectivity index (χ4v) is 1.49. The summed E-state index contributed by atoms with van der Waals surface area (Å²) < 4.78 is 4.61. The van der Waals surface area contributed by atoms with Gasteiger partial charge in [0, 0.05) is 5.69 Å². The first-order valence-corrected chi connectivity index (χ1v) is 6.01. The fraction of sp³-hybridized carbons (Fsp3) is 0.308. The molecule has 0 radical (unpaired) electrons. The lowest BCUT2D eigenvalue weighted by molar-refractivity contribution is -0.117. The number of carbonyl (C=O) groups is 1. The molecule has 0 saturated carbocycles. The van der Waals surface area contributed by atoms with E-state index in [4.69, 9.17) is 0 Å². The predicted octanol–water partition coefficient (Wildman–Crippen LogP) is 1.49. The Balaban J connectivity index is 1.83. The number of benzene rings is 1. The summed E-state index contributed by atoms with van der Waals surface area (Å²) in [6.07, 6.45) is 1.26. The number of nitrogens with zero attached hydrogens (tertiary/aromatic N) is 2. The minimum Gasteiger partial charge on any atom is -0.343 e. The van der Waals surface area contributed by atoms with Gasteiger partial charge in [-0.3, -0.25) is 10.1 Å². The molecule has 0 aliphatic carbocycles. The fourth-order valence-electron chi connectivity index (χ4n) is 1.49. The zero-order chi connectivity index (χ0) is 13.7. The number of anilines is 1. The highest BCUT2D eigenvalue weighted by Crippen LogP contribution is 2.08. The first kappa shape index (κ1) is 13.2. The number of aromatic nitrogens is 2. The van der Waals surface area contributed by atoms with E-state index in [1.165, 1.54) is 6.39 Å². The molecule has 6 heteroatoms. The second kappa shape index (κ2) is 6.10. The van der Waals surface area contributed by atoms with Gasteiger partial charge in [0.1, 0.15) is 0 Å². The van der Waals surface area contributed by atoms with Crippen LogP contribution in [0.1, 0.15) is 18.3 Å². The van der Waals surface area contributed by atoms with E-state index in [0.29, 0.717) is 12.4 Å². The third kappa shape index (κ3) is 3.89. The van der Waals surface area contributed by atoms with Crippen molar-refractivity contribution in [3.05, 3.63) is 42.0 Å². The zero-order valence-electron chi connectivity index (χ0n) is 10.9. The molecule has 0 fully saturated rings. The van der Waals surface area contributed by atoms with Gasteiger partial charge in [-0.05, 0) is 26.0 Å². The standard InChI is InChI=1S/C13H16N4O2/c1-9-3-5-11(6-4-9)16-13(18)10(2)14-7-12-15-8-19-17-12/h3-6,8,10,14H,7H2,1-2H3,(H,16,18). The van der Waals surface area contributed by atoms with Crippen LogP contribution in [0.2, 0.25) is 0 Å². The molecule has 100 valence electrons. The smallest absolute Gasteiger partial charge is 0.241 e. The van der Waals surface area contributed by atoms with Crippen LogP contribution in [-0.2, 0) is 11.3 Å². The zero-order valence-corrected chi connectivity index (χ0v) is 10.9. The van der Waals surface area contributed by atoms with E-state index in [0.717, 1.165) is 11.3 Å². The third-order valence-corrected chi connectivity index (χ3v) is 2.69. The number of aryl methyl sites for hydroxylation is 1. The van der Waals surface area contributed by atoms with Gasteiger partial charge in [-0.25, -0.2) is 0 Å². The minimum atomic E-state index is -0.347. The molecule has 2 N–H and O–H groups in total. The van der Waals surface area contributed by atoms with Crippen molar-refractivity contribution >= 4 is 11.6 Å². The normalized spacial score (nSPS) is 12.1. The number of hydrogen-bond acceptors (Lipinski definition) is 5. The van der Waals surface area contributed by atoms with E-state index in [2.05, 4.69) is 25.3 Å². The molecule has 2 rings (SSSR count). The summed E-state index contributed by atoms with van der Waals surface area (Å²) in [4.78, 5) is 15.8. The van der Waals surface area contributed by atoms with Crippen LogP contribution in [0.4, 0.5) is 5.69 Å². The Labute approximate surface area is 111 Å². The van der Waals surface area contributed by atoms with Crippen LogP contribution in [0.5, 0.6) is 0 Å². The molecule has 2 aromatic rings. The maximum absolute atomic E-state index is 11.9. The molecule has 0 saturated heterocycles. The molecule has 1 aromatic heterocycles. The van der Waals surface area contributed by atoms with Crippen LogP contribution in [0.15, 0.2) is 35.2 Å². The topological polar surface area (TPSA) is 80.0 Å². The minimum absolute atomic E-state index is 0.104. The molecule has 0 aliphatic rings. The second-order valence-corrected chi connectivity index (χ2v) is 4.31. The Morgan fingerprint density at radius 2 is 2.11 bits per heavy atom. The molecular formula is C13H16N4O2. The first-order valence-electron chi connectivity index (χ1n) is 6.01. The van der Waals surface area contributed by atoms with Crippen LogP contribution in [0.3, 0.4) is 0 Å². The van der Waals surface area contributed by atoms with Gasteiger partial charge in [0.05, 0.1) is 12.6 Å². The largest absolute Gasteiger partial charge is 0.343 e. The molecular weight excluding hydrogens is 244 g/mol. The van der Waals surface area contributed by atoms with Crippen LogP contribution >= 0.6 is 0 Å². The molecule has 0 bridgehead atoms. The number of nitrogens with one attached hydrogen (secondary N) is 2. The summed E-state index contributed by atoms with van der Waals surface area (Å²) >= 11 is 0. The molecule has 19 heavy (non-hydrogen) atoms. The Bertz CT molecular complexity index is 522. The van der Waals surface area contributed by atoms with Crippen molar-refractivity contribution in [3.8, 4) is 0 Å². The highest BCUT2D eigenvalue weighted by molar-refractivity contribution is 5.94. The highest BCUT2D eigenvalue weighted by atomic mass is 16.5. The lowest BCUT2D eigenvalue weighted by Gasteiger charge is -2.13. The second-order valence-electron chi connectivity index (χ2n) is 4.31. The quantitative estimate of drug-likeness (QED) is 0.851. The van der Waals surface area contributed by atoms with E-state index < -0.39 is 0 Å². The van der Waals surface area contributed by atoms with E-state index in [9.17, 15) is 4.79 Å². The summed E-state index contributed by atoms with van der Waals surface area (Å²) in [6.45, 7) is 4.17. The molecule has 0 spiro atoms. The third-order valence-electron chi connectivity index (χ3n) is 2.69. The van der Waals surface area contributed by atoms with Crippen molar-refractivity contribution in [2.75, 3.05) is 5.32 Å². The van der Waals surface area contributed by atoms with Crippen molar-refractivity contribution < 1.29 is 9.32 Å². The lowest BCUT2D eigenvalue weighted by Crippen LogP contribution is -2.37. The van der Waals surface area contributed by atoms with Gasteiger partial charge in [-0.1, -0.05) is 22.9 Å². The summed E-state index contributed by atoms with van der Waals surface area (Å²) in [5.41, 5.74) is 1.94. The summed E-state index contributed by atoms with van der Waals surface area (Å²) in [6, 6.07) is 7.30. The van der Waals surface area contributed by atoms with Crippen molar-refractivity contribution in [2.45, 2.75) is 26.4 Å². The molecule has 1 unspecified atom stereocenters. The van der Waals surface area contributed by atoms with Crippen LogP contribution in [0, 0.1) is 6.92 Å². The summed E-state index contributed by atoms with van der Waals surface area (Å²) in [5.74, 6) is 0.419. The molecule has 0 aliphatic heterocycles. The summed E-state index contributed by atoms with van der Waals surface area (Å²) in [7, 11) is 0. The summed E-state index contributed by atoms with van der Waals surface area (Å²) in [5, 5.41) is 9.51. The number of amides is 1. The lowest BCUT2D eigenvalue weighted by atomic mass is 10.2. The van der Waals surface area contributed by atoms with E-state index in [1.807, 2.05) is 31.2 Å². The van der Waals surface area contributed by atoms with E-state index >= 15 is 0 Å². The predicted molar refractivity (Wildman–Crippen MR) is 70.4 cm³/mol. The Morgan fingerprint density at radius 3 is 2.74 bits per heavy atom. The monoisotopic (exact) mass is 260 g/mol. The molecule has 1 heterocycles.